The fourth-order valence-electron chi connectivity index (χ4n) is 2.29. The van der Waals surface area contributed by atoms with E-state index in [4.69, 9.17) is 16.3 Å². The molecule has 0 fully saturated rings. The van der Waals surface area contributed by atoms with Crippen LogP contribution in [-0.2, 0) is 13.0 Å². The second-order valence-electron chi connectivity index (χ2n) is 5.15. The van der Waals surface area contributed by atoms with Gasteiger partial charge in [-0.25, -0.2) is 4.39 Å². The van der Waals surface area contributed by atoms with E-state index in [9.17, 15) is 4.39 Å². The predicted molar refractivity (Wildman–Crippen MR) is 112 cm³/mol. The molecule has 0 heterocycles. The number of nitrogens with one attached hydrogen (secondary N) is 2. The quantitative estimate of drug-likeness (QED) is 0.375. The molecule has 2 aromatic rings. The number of halogens is 3. The van der Waals surface area contributed by atoms with Crippen molar-refractivity contribution in [1.82, 2.24) is 10.6 Å². The highest BCUT2D eigenvalue weighted by molar-refractivity contribution is 14.0. The van der Waals surface area contributed by atoms with E-state index >= 15 is 0 Å². The van der Waals surface area contributed by atoms with E-state index in [0.717, 1.165) is 16.9 Å². The van der Waals surface area contributed by atoms with Gasteiger partial charge < -0.3 is 15.4 Å². The third kappa shape index (κ3) is 6.70. The zero-order valence-electron chi connectivity index (χ0n) is 14.2. The molecule has 25 heavy (non-hydrogen) atoms. The van der Waals surface area contributed by atoms with Crippen molar-refractivity contribution in [2.24, 2.45) is 4.99 Å². The van der Waals surface area contributed by atoms with Gasteiger partial charge in [0.25, 0.3) is 0 Å². The van der Waals surface area contributed by atoms with E-state index in [1.165, 1.54) is 12.1 Å². The van der Waals surface area contributed by atoms with E-state index in [-0.39, 0.29) is 29.8 Å². The Labute approximate surface area is 169 Å². The Morgan fingerprint density at radius 3 is 2.60 bits per heavy atom. The molecule has 136 valence electrons. The van der Waals surface area contributed by atoms with Crippen LogP contribution in [-0.4, -0.2) is 26.7 Å². The van der Waals surface area contributed by atoms with Crippen molar-refractivity contribution in [1.29, 1.82) is 0 Å². The van der Waals surface area contributed by atoms with E-state index in [2.05, 4.69) is 15.6 Å². The lowest BCUT2D eigenvalue weighted by atomic mass is 10.1. The molecule has 0 saturated carbocycles. The lowest BCUT2D eigenvalue weighted by molar-refractivity contribution is 0.409. The lowest BCUT2D eigenvalue weighted by Crippen LogP contribution is -2.37. The van der Waals surface area contributed by atoms with Gasteiger partial charge in [-0.15, -0.1) is 24.0 Å². The van der Waals surface area contributed by atoms with Crippen molar-refractivity contribution in [2.45, 2.75) is 13.0 Å². The minimum absolute atomic E-state index is 0. The highest BCUT2D eigenvalue weighted by atomic mass is 127. The van der Waals surface area contributed by atoms with Crippen molar-refractivity contribution in [3.05, 3.63) is 64.4 Å². The summed E-state index contributed by atoms with van der Waals surface area (Å²) in [6.45, 7) is 1.23. The maximum atomic E-state index is 13.0. The Bertz CT molecular complexity index is 712. The molecule has 0 saturated heterocycles. The molecule has 0 spiro atoms. The number of para-hydroxylation sites is 1. The number of benzene rings is 2. The summed E-state index contributed by atoms with van der Waals surface area (Å²) in [4.78, 5) is 4.19. The summed E-state index contributed by atoms with van der Waals surface area (Å²) >= 11 is 6.03. The number of ether oxygens (including phenoxy) is 1. The molecule has 0 unspecified atom stereocenters. The number of aliphatic imine (C=N–C) groups is 1. The maximum absolute atomic E-state index is 13.0. The standard InChI is InChI=1S/C18H21ClFN3O.HI/c1-21-18(23-12-14-5-3-4-6-17(14)24-2)22-10-9-13-7-8-15(20)11-16(13)19;/h3-8,11H,9-10,12H2,1-2H3,(H2,21,22,23);1H. The van der Waals surface area contributed by atoms with E-state index in [1.807, 2.05) is 24.3 Å². The summed E-state index contributed by atoms with van der Waals surface area (Å²) in [7, 11) is 3.36. The average Bonchev–Trinajstić information content (AvgIpc) is 2.59. The van der Waals surface area contributed by atoms with Crippen LogP contribution in [0.25, 0.3) is 0 Å². The molecule has 0 radical (unpaired) electrons. The molecular weight excluding hydrogens is 456 g/mol. The van der Waals surface area contributed by atoms with Gasteiger partial charge in [0, 0.05) is 30.7 Å². The number of nitrogens with zero attached hydrogens (tertiary/aromatic N) is 1. The molecule has 2 rings (SSSR count). The van der Waals surface area contributed by atoms with Gasteiger partial charge in [-0.2, -0.15) is 0 Å². The van der Waals surface area contributed by atoms with Gasteiger partial charge in [0.2, 0.25) is 0 Å². The van der Waals surface area contributed by atoms with E-state index in [0.29, 0.717) is 30.5 Å². The smallest absolute Gasteiger partial charge is 0.191 e. The van der Waals surface area contributed by atoms with Crippen molar-refractivity contribution in [2.75, 3.05) is 20.7 Å². The third-order valence-corrected chi connectivity index (χ3v) is 3.92. The van der Waals surface area contributed by atoms with Crippen LogP contribution in [0.5, 0.6) is 5.75 Å². The topological polar surface area (TPSA) is 45.7 Å². The molecule has 7 heteroatoms. The largest absolute Gasteiger partial charge is 0.496 e. The van der Waals surface area contributed by atoms with Crippen molar-refractivity contribution in [3.8, 4) is 5.75 Å². The number of rotatable bonds is 6. The Morgan fingerprint density at radius 1 is 1.16 bits per heavy atom. The van der Waals surface area contributed by atoms with Gasteiger partial charge in [0.15, 0.2) is 5.96 Å². The monoisotopic (exact) mass is 477 g/mol. The highest BCUT2D eigenvalue weighted by Crippen LogP contribution is 2.18. The first kappa shape index (κ1) is 21.5. The first-order valence-electron chi connectivity index (χ1n) is 7.64. The van der Waals surface area contributed by atoms with Crippen LogP contribution in [0.4, 0.5) is 4.39 Å². The fourth-order valence-corrected chi connectivity index (χ4v) is 2.55. The minimum Gasteiger partial charge on any atom is -0.496 e. The van der Waals surface area contributed by atoms with Crippen molar-refractivity contribution >= 4 is 41.5 Å². The van der Waals surface area contributed by atoms with E-state index in [1.54, 1.807) is 20.2 Å². The van der Waals surface area contributed by atoms with Gasteiger partial charge in [-0.05, 0) is 30.2 Å². The first-order valence-corrected chi connectivity index (χ1v) is 8.02. The Kier molecular flexibility index (Phi) is 9.59. The molecule has 0 amide bonds. The van der Waals surface area contributed by atoms with Crippen LogP contribution < -0.4 is 15.4 Å². The number of hydrogen-bond donors (Lipinski definition) is 2. The molecule has 0 aliphatic carbocycles. The molecule has 0 aromatic heterocycles. The minimum atomic E-state index is -0.328. The second-order valence-corrected chi connectivity index (χ2v) is 5.56. The molecule has 0 aliphatic rings. The summed E-state index contributed by atoms with van der Waals surface area (Å²) in [6.07, 6.45) is 0.675. The zero-order valence-corrected chi connectivity index (χ0v) is 17.3. The highest BCUT2D eigenvalue weighted by Gasteiger charge is 2.05. The maximum Gasteiger partial charge on any atom is 0.191 e. The zero-order chi connectivity index (χ0) is 17.4. The summed E-state index contributed by atoms with van der Waals surface area (Å²) in [6, 6.07) is 12.3. The molecule has 0 bridgehead atoms. The van der Waals surface area contributed by atoms with Crippen molar-refractivity contribution in [3.63, 3.8) is 0 Å². The van der Waals surface area contributed by atoms with Gasteiger partial charge in [0.1, 0.15) is 11.6 Å². The molecule has 4 nitrogen and oxygen atoms in total. The van der Waals surface area contributed by atoms with E-state index < -0.39 is 0 Å². The summed E-state index contributed by atoms with van der Waals surface area (Å²) in [5.74, 6) is 1.18. The second kappa shape index (κ2) is 11.1. The van der Waals surface area contributed by atoms with Crippen LogP contribution in [0.3, 0.4) is 0 Å². The van der Waals surface area contributed by atoms with Crippen LogP contribution in [0.1, 0.15) is 11.1 Å². The molecule has 2 aromatic carbocycles. The van der Waals surface area contributed by atoms with Crippen LogP contribution in [0.2, 0.25) is 5.02 Å². The van der Waals surface area contributed by atoms with Crippen molar-refractivity contribution < 1.29 is 9.13 Å². The van der Waals surface area contributed by atoms with Crippen LogP contribution in [0.15, 0.2) is 47.5 Å². The summed E-state index contributed by atoms with van der Waals surface area (Å²) in [5.41, 5.74) is 1.94. The van der Waals surface area contributed by atoms with Gasteiger partial charge in [-0.3, -0.25) is 4.99 Å². The van der Waals surface area contributed by atoms with Crippen LogP contribution >= 0.6 is 35.6 Å². The average molecular weight is 478 g/mol. The van der Waals surface area contributed by atoms with Crippen LogP contribution in [0, 0.1) is 5.82 Å². The molecular formula is C18H22ClFIN3O. The molecule has 2 N–H and O–H groups in total. The fraction of sp³-hybridized carbons (Fsp3) is 0.278. The summed E-state index contributed by atoms with van der Waals surface area (Å²) < 4.78 is 18.4. The Hall–Kier alpha value is -1.54. The predicted octanol–water partition coefficient (Wildman–Crippen LogP) is 4.01. The molecule has 0 atom stereocenters. The van der Waals surface area contributed by atoms with Gasteiger partial charge in [-0.1, -0.05) is 35.9 Å². The first-order chi connectivity index (χ1) is 11.6. The number of guanidine groups is 1. The van der Waals surface area contributed by atoms with Gasteiger partial charge in [0.05, 0.1) is 7.11 Å². The number of methoxy groups -OCH3 is 1. The Morgan fingerprint density at radius 2 is 1.92 bits per heavy atom. The molecule has 0 aliphatic heterocycles. The Balaban J connectivity index is 0.00000312. The normalized spacial score (nSPS) is 10.8. The van der Waals surface area contributed by atoms with Gasteiger partial charge >= 0.3 is 0 Å². The lowest BCUT2D eigenvalue weighted by Gasteiger charge is -2.14. The SMILES string of the molecule is CN=C(NCCc1ccc(F)cc1Cl)NCc1ccccc1OC.I. The third-order valence-electron chi connectivity index (χ3n) is 3.56. The number of hydrogen-bond acceptors (Lipinski definition) is 2. The summed E-state index contributed by atoms with van der Waals surface area (Å²) in [5, 5.41) is 6.89.